The van der Waals surface area contributed by atoms with E-state index in [0.29, 0.717) is 24.5 Å². The van der Waals surface area contributed by atoms with Gasteiger partial charge in [-0.1, -0.05) is 19.1 Å². The first kappa shape index (κ1) is 15.4. The molecule has 0 amide bonds. The van der Waals surface area contributed by atoms with Crippen molar-refractivity contribution in [1.82, 2.24) is 9.62 Å². The zero-order valence-corrected chi connectivity index (χ0v) is 12.8. The van der Waals surface area contributed by atoms with Crippen molar-refractivity contribution in [3.05, 3.63) is 29.8 Å². The van der Waals surface area contributed by atoms with Crippen molar-refractivity contribution in [3.63, 3.8) is 0 Å². The Hall–Kier alpha value is -0.950. The predicted molar refractivity (Wildman–Crippen MR) is 78.0 cm³/mol. The lowest BCUT2D eigenvalue weighted by Gasteiger charge is -2.17. The smallest absolute Gasteiger partial charge is 0.243 e. The first-order valence-electron chi connectivity index (χ1n) is 6.90. The Bertz CT molecular complexity index is 545. The van der Waals surface area contributed by atoms with Gasteiger partial charge in [0.15, 0.2) is 0 Å². The van der Waals surface area contributed by atoms with Gasteiger partial charge in [0.25, 0.3) is 0 Å². The van der Waals surface area contributed by atoms with Crippen molar-refractivity contribution in [2.45, 2.75) is 30.9 Å². The highest BCUT2D eigenvalue weighted by Gasteiger charge is 2.32. The van der Waals surface area contributed by atoms with E-state index in [9.17, 15) is 8.42 Å². The van der Waals surface area contributed by atoms with Crippen molar-refractivity contribution in [3.8, 4) is 0 Å². The van der Waals surface area contributed by atoms with E-state index in [2.05, 4.69) is 5.32 Å². The summed E-state index contributed by atoms with van der Waals surface area (Å²) in [5.41, 5.74) is 0.982. The van der Waals surface area contributed by atoms with Gasteiger partial charge in [-0.2, -0.15) is 4.31 Å². The molecule has 1 saturated heterocycles. The standard InChI is InChI=1S/C14H22N2O3S/c1-3-15-10-12-5-4-6-14(9-12)20(17,18)16-8-7-13(11-16)19-2/h4-6,9,13,15H,3,7-8,10-11H2,1-2H3. The van der Waals surface area contributed by atoms with Gasteiger partial charge < -0.3 is 10.1 Å². The van der Waals surface area contributed by atoms with E-state index in [0.717, 1.165) is 18.5 Å². The molecule has 0 saturated carbocycles. The Kier molecular flexibility index (Phi) is 5.15. The Morgan fingerprint density at radius 1 is 1.45 bits per heavy atom. The Balaban J connectivity index is 2.17. The van der Waals surface area contributed by atoms with Crippen LogP contribution in [-0.2, 0) is 21.3 Å². The van der Waals surface area contributed by atoms with Crippen LogP contribution in [0.15, 0.2) is 29.2 Å². The molecule has 2 rings (SSSR count). The highest BCUT2D eigenvalue weighted by atomic mass is 32.2. The number of hydrogen-bond donors (Lipinski definition) is 1. The van der Waals surface area contributed by atoms with Gasteiger partial charge in [-0.15, -0.1) is 0 Å². The van der Waals surface area contributed by atoms with Crippen LogP contribution in [0.3, 0.4) is 0 Å². The first-order valence-corrected chi connectivity index (χ1v) is 8.34. The van der Waals surface area contributed by atoms with E-state index in [4.69, 9.17) is 4.74 Å². The van der Waals surface area contributed by atoms with Crippen molar-refractivity contribution < 1.29 is 13.2 Å². The summed E-state index contributed by atoms with van der Waals surface area (Å²) in [6.45, 7) is 4.53. The minimum absolute atomic E-state index is 0.00900. The van der Waals surface area contributed by atoms with E-state index >= 15 is 0 Å². The predicted octanol–water partition coefficient (Wildman–Crippen LogP) is 1.21. The average Bonchev–Trinajstić information content (AvgIpc) is 2.95. The number of nitrogens with one attached hydrogen (secondary N) is 1. The van der Waals surface area contributed by atoms with E-state index < -0.39 is 10.0 Å². The molecule has 1 aliphatic rings. The Labute approximate surface area is 121 Å². The average molecular weight is 298 g/mol. The quantitative estimate of drug-likeness (QED) is 0.857. The zero-order chi connectivity index (χ0) is 14.6. The van der Waals surface area contributed by atoms with E-state index in [1.165, 1.54) is 4.31 Å². The molecule has 5 nitrogen and oxygen atoms in total. The second kappa shape index (κ2) is 6.67. The number of benzene rings is 1. The van der Waals surface area contributed by atoms with Gasteiger partial charge >= 0.3 is 0 Å². The van der Waals surface area contributed by atoms with Crippen LogP contribution in [0.1, 0.15) is 18.9 Å². The molecule has 112 valence electrons. The number of ether oxygens (including phenoxy) is 1. The van der Waals surface area contributed by atoms with Gasteiger partial charge in [-0.25, -0.2) is 8.42 Å². The summed E-state index contributed by atoms with van der Waals surface area (Å²) in [6, 6.07) is 7.14. The highest BCUT2D eigenvalue weighted by molar-refractivity contribution is 7.89. The van der Waals surface area contributed by atoms with Crippen LogP contribution in [0, 0.1) is 0 Å². The van der Waals surface area contributed by atoms with Gasteiger partial charge in [0.2, 0.25) is 10.0 Å². The van der Waals surface area contributed by atoms with Crippen LogP contribution in [0.2, 0.25) is 0 Å². The van der Waals surface area contributed by atoms with Crippen molar-refractivity contribution in [2.75, 3.05) is 26.7 Å². The molecule has 0 aromatic heterocycles. The summed E-state index contributed by atoms with van der Waals surface area (Å²) in [5, 5.41) is 3.20. The van der Waals surface area contributed by atoms with E-state index in [1.54, 1.807) is 25.3 Å². The molecule has 1 atom stereocenters. The molecule has 0 radical (unpaired) electrons. The highest BCUT2D eigenvalue weighted by Crippen LogP contribution is 2.22. The molecule has 1 aromatic carbocycles. The number of rotatable bonds is 6. The molecule has 6 heteroatoms. The zero-order valence-electron chi connectivity index (χ0n) is 12.0. The largest absolute Gasteiger partial charge is 0.380 e. The number of methoxy groups -OCH3 is 1. The summed E-state index contributed by atoms with van der Waals surface area (Å²) in [5.74, 6) is 0. The molecular weight excluding hydrogens is 276 g/mol. The fourth-order valence-electron chi connectivity index (χ4n) is 2.34. The lowest BCUT2D eigenvalue weighted by Crippen LogP contribution is -2.30. The van der Waals surface area contributed by atoms with Crippen molar-refractivity contribution in [1.29, 1.82) is 0 Å². The molecule has 1 unspecified atom stereocenters. The van der Waals surface area contributed by atoms with Crippen LogP contribution in [0.25, 0.3) is 0 Å². The van der Waals surface area contributed by atoms with Gasteiger partial charge in [0.1, 0.15) is 0 Å². The first-order chi connectivity index (χ1) is 9.57. The maximum atomic E-state index is 12.6. The van der Waals surface area contributed by atoms with Crippen LogP contribution in [0.4, 0.5) is 0 Å². The van der Waals surface area contributed by atoms with Crippen molar-refractivity contribution >= 4 is 10.0 Å². The second-order valence-electron chi connectivity index (χ2n) is 4.94. The Morgan fingerprint density at radius 3 is 2.90 bits per heavy atom. The fraction of sp³-hybridized carbons (Fsp3) is 0.571. The summed E-state index contributed by atoms with van der Waals surface area (Å²) in [7, 11) is -1.78. The lowest BCUT2D eigenvalue weighted by molar-refractivity contribution is 0.115. The second-order valence-corrected chi connectivity index (χ2v) is 6.88. The molecule has 1 N–H and O–H groups in total. The number of sulfonamides is 1. The fourth-order valence-corrected chi connectivity index (χ4v) is 3.90. The monoisotopic (exact) mass is 298 g/mol. The minimum Gasteiger partial charge on any atom is -0.380 e. The van der Waals surface area contributed by atoms with Gasteiger partial charge in [-0.3, -0.25) is 0 Å². The van der Waals surface area contributed by atoms with Crippen LogP contribution >= 0.6 is 0 Å². The van der Waals surface area contributed by atoms with Gasteiger partial charge in [0, 0.05) is 26.7 Å². The molecule has 1 fully saturated rings. The minimum atomic E-state index is -3.40. The van der Waals surface area contributed by atoms with E-state index in [1.807, 2.05) is 13.0 Å². The maximum absolute atomic E-state index is 12.6. The summed E-state index contributed by atoms with van der Waals surface area (Å²) in [4.78, 5) is 0.365. The van der Waals surface area contributed by atoms with E-state index in [-0.39, 0.29) is 6.10 Å². The molecule has 0 aliphatic carbocycles. The third kappa shape index (κ3) is 3.38. The Morgan fingerprint density at radius 2 is 2.25 bits per heavy atom. The number of nitrogens with zero attached hydrogens (tertiary/aromatic N) is 1. The third-order valence-corrected chi connectivity index (χ3v) is 5.42. The van der Waals surface area contributed by atoms with Crippen LogP contribution in [-0.4, -0.2) is 45.6 Å². The summed E-state index contributed by atoms with van der Waals surface area (Å²) >= 11 is 0. The topological polar surface area (TPSA) is 58.6 Å². The normalized spacial score (nSPS) is 20.4. The molecule has 1 aliphatic heterocycles. The lowest BCUT2D eigenvalue weighted by atomic mass is 10.2. The van der Waals surface area contributed by atoms with Gasteiger partial charge in [0.05, 0.1) is 11.0 Å². The molecule has 0 bridgehead atoms. The summed E-state index contributed by atoms with van der Waals surface area (Å²) < 4.78 is 31.9. The third-order valence-electron chi connectivity index (χ3n) is 3.56. The molecule has 20 heavy (non-hydrogen) atoms. The summed E-state index contributed by atoms with van der Waals surface area (Å²) in [6.07, 6.45) is 0.766. The molecule has 1 aromatic rings. The van der Waals surface area contributed by atoms with Crippen LogP contribution < -0.4 is 5.32 Å². The number of hydrogen-bond acceptors (Lipinski definition) is 4. The maximum Gasteiger partial charge on any atom is 0.243 e. The molecular formula is C14H22N2O3S. The SMILES string of the molecule is CCNCc1cccc(S(=O)(=O)N2CCC(OC)C2)c1. The molecule has 1 heterocycles. The van der Waals surface area contributed by atoms with Crippen LogP contribution in [0.5, 0.6) is 0 Å². The van der Waals surface area contributed by atoms with Gasteiger partial charge in [-0.05, 0) is 30.7 Å². The molecule has 0 spiro atoms. The van der Waals surface area contributed by atoms with Crippen molar-refractivity contribution in [2.24, 2.45) is 0 Å².